The first kappa shape index (κ1) is 10.1. The summed E-state index contributed by atoms with van der Waals surface area (Å²) in [5.41, 5.74) is 2.10. The molecule has 3 nitrogen and oxygen atoms in total. The Hall–Kier alpha value is -1.48. The van der Waals surface area contributed by atoms with Gasteiger partial charge in [0.1, 0.15) is 5.76 Å². The lowest BCUT2D eigenvalue weighted by Crippen LogP contribution is -1.98. The number of rotatable bonds is 3. The van der Waals surface area contributed by atoms with Crippen molar-refractivity contribution in [2.24, 2.45) is 0 Å². The van der Waals surface area contributed by atoms with Crippen molar-refractivity contribution in [3.05, 3.63) is 47.1 Å². The molecule has 0 aliphatic heterocycles. The molecule has 0 unspecified atom stereocenters. The van der Waals surface area contributed by atoms with Gasteiger partial charge in [-0.1, -0.05) is 0 Å². The molecule has 2 heterocycles. The third-order valence-corrected chi connectivity index (χ3v) is 2.17. The lowest BCUT2D eigenvalue weighted by atomic mass is 10.3. The van der Waals surface area contributed by atoms with Gasteiger partial charge in [-0.25, -0.2) is 0 Å². The average Bonchev–Trinajstić information content (AvgIpc) is 2.62. The monoisotopic (exact) mass is 222 g/mol. The molecule has 4 heteroatoms. The molecule has 0 aromatic carbocycles. The van der Waals surface area contributed by atoms with Gasteiger partial charge in [0.05, 0.1) is 12.2 Å². The predicted octanol–water partition coefficient (Wildman–Crippen LogP) is 3.25. The van der Waals surface area contributed by atoms with E-state index in [1.165, 1.54) is 0 Å². The van der Waals surface area contributed by atoms with Crippen LogP contribution in [-0.4, -0.2) is 4.98 Å². The molecule has 0 saturated heterocycles. The normalized spacial score (nSPS) is 10.3. The zero-order valence-corrected chi connectivity index (χ0v) is 9.08. The molecule has 0 bridgehead atoms. The van der Waals surface area contributed by atoms with Gasteiger partial charge >= 0.3 is 0 Å². The number of nitrogens with zero attached hydrogens (tertiary/aromatic N) is 1. The van der Waals surface area contributed by atoms with Crippen molar-refractivity contribution in [2.75, 3.05) is 5.32 Å². The number of aromatic nitrogens is 1. The summed E-state index contributed by atoms with van der Waals surface area (Å²) in [5.74, 6) is 0.807. The maximum absolute atomic E-state index is 5.66. The van der Waals surface area contributed by atoms with E-state index in [0.29, 0.717) is 11.8 Å². The van der Waals surface area contributed by atoms with Crippen LogP contribution in [0, 0.1) is 6.92 Å². The highest BCUT2D eigenvalue weighted by Gasteiger charge is 1.99. The van der Waals surface area contributed by atoms with Gasteiger partial charge in [-0.3, -0.25) is 4.98 Å². The Morgan fingerprint density at radius 2 is 2.27 bits per heavy atom. The lowest BCUT2D eigenvalue weighted by molar-refractivity contribution is 0.520. The molecule has 78 valence electrons. The van der Waals surface area contributed by atoms with Crippen LogP contribution in [0.15, 0.2) is 35.0 Å². The molecule has 0 aliphatic carbocycles. The molecule has 0 atom stereocenters. The molecule has 0 aliphatic rings. The fourth-order valence-electron chi connectivity index (χ4n) is 1.29. The Morgan fingerprint density at radius 1 is 1.40 bits per heavy atom. The van der Waals surface area contributed by atoms with Crippen molar-refractivity contribution in [1.29, 1.82) is 0 Å². The quantitative estimate of drug-likeness (QED) is 0.867. The van der Waals surface area contributed by atoms with Gasteiger partial charge in [0.15, 0.2) is 5.22 Å². The summed E-state index contributed by atoms with van der Waals surface area (Å²) in [6, 6.07) is 5.60. The zero-order valence-electron chi connectivity index (χ0n) is 8.33. The molecular weight excluding hydrogens is 212 g/mol. The molecule has 0 amide bonds. The van der Waals surface area contributed by atoms with Crippen LogP contribution >= 0.6 is 11.6 Å². The first-order valence-electron chi connectivity index (χ1n) is 4.64. The maximum atomic E-state index is 5.66. The van der Waals surface area contributed by atoms with Gasteiger partial charge in [0.25, 0.3) is 0 Å². The fourth-order valence-corrected chi connectivity index (χ4v) is 1.45. The van der Waals surface area contributed by atoms with Crippen LogP contribution in [0.2, 0.25) is 5.22 Å². The van der Waals surface area contributed by atoms with Crippen molar-refractivity contribution < 1.29 is 4.42 Å². The smallest absolute Gasteiger partial charge is 0.193 e. The van der Waals surface area contributed by atoms with Crippen molar-refractivity contribution in [1.82, 2.24) is 4.98 Å². The minimum absolute atomic E-state index is 0.411. The van der Waals surface area contributed by atoms with Crippen molar-refractivity contribution in [2.45, 2.75) is 13.5 Å². The minimum atomic E-state index is 0.411. The van der Waals surface area contributed by atoms with Crippen LogP contribution in [0.3, 0.4) is 0 Å². The van der Waals surface area contributed by atoms with Gasteiger partial charge < -0.3 is 9.73 Å². The molecule has 2 aromatic rings. The minimum Gasteiger partial charge on any atom is -0.448 e. The summed E-state index contributed by atoms with van der Waals surface area (Å²) in [5, 5.41) is 3.61. The second-order valence-electron chi connectivity index (χ2n) is 3.31. The Bertz CT molecular complexity index is 453. The topological polar surface area (TPSA) is 38.1 Å². The summed E-state index contributed by atoms with van der Waals surface area (Å²) in [6.45, 7) is 2.61. The second-order valence-corrected chi connectivity index (χ2v) is 3.68. The summed E-state index contributed by atoms with van der Waals surface area (Å²) < 4.78 is 5.22. The van der Waals surface area contributed by atoms with Gasteiger partial charge in [0.2, 0.25) is 0 Å². The standard InChI is InChI=1S/C11H11ClN2O/c1-8-4-9(6-13-5-8)14-7-10-2-3-11(12)15-10/h2-6,14H,7H2,1H3. The van der Waals surface area contributed by atoms with Crippen LogP contribution < -0.4 is 5.32 Å². The molecule has 15 heavy (non-hydrogen) atoms. The van der Waals surface area contributed by atoms with Crippen LogP contribution in [0.5, 0.6) is 0 Å². The SMILES string of the molecule is Cc1cncc(NCc2ccc(Cl)o2)c1. The fraction of sp³-hybridized carbons (Fsp3) is 0.182. The van der Waals surface area contributed by atoms with Crippen molar-refractivity contribution in [3.8, 4) is 0 Å². The summed E-state index contributed by atoms with van der Waals surface area (Å²) in [7, 11) is 0. The summed E-state index contributed by atoms with van der Waals surface area (Å²) in [6.07, 6.45) is 3.59. The largest absolute Gasteiger partial charge is 0.448 e. The maximum Gasteiger partial charge on any atom is 0.193 e. The van der Waals surface area contributed by atoms with E-state index in [-0.39, 0.29) is 0 Å². The highest BCUT2D eigenvalue weighted by atomic mass is 35.5. The summed E-state index contributed by atoms with van der Waals surface area (Å²) >= 11 is 5.66. The first-order valence-corrected chi connectivity index (χ1v) is 5.01. The molecule has 1 N–H and O–H groups in total. The van der Waals surface area contributed by atoms with Crippen LogP contribution in [0.1, 0.15) is 11.3 Å². The van der Waals surface area contributed by atoms with E-state index >= 15 is 0 Å². The Morgan fingerprint density at radius 3 is 2.93 bits per heavy atom. The van der Waals surface area contributed by atoms with Crippen LogP contribution in [0.25, 0.3) is 0 Å². The lowest BCUT2D eigenvalue weighted by Gasteiger charge is -2.03. The molecular formula is C11H11ClN2O. The first-order chi connectivity index (χ1) is 7.24. The number of hydrogen-bond acceptors (Lipinski definition) is 3. The van der Waals surface area contributed by atoms with E-state index < -0.39 is 0 Å². The van der Waals surface area contributed by atoms with E-state index in [4.69, 9.17) is 16.0 Å². The molecule has 0 fully saturated rings. The Kier molecular flexibility index (Phi) is 2.92. The van der Waals surface area contributed by atoms with Crippen LogP contribution in [0.4, 0.5) is 5.69 Å². The second kappa shape index (κ2) is 4.36. The highest BCUT2D eigenvalue weighted by molar-refractivity contribution is 6.28. The zero-order chi connectivity index (χ0) is 10.7. The molecule has 0 radical (unpaired) electrons. The number of hydrogen-bond donors (Lipinski definition) is 1. The third kappa shape index (κ3) is 2.73. The van der Waals surface area contributed by atoms with Crippen LogP contribution in [-0.2, 0) is 6.54 Å². The van der Waals surface area contributed by atoms with Crippen molar-refractivity contribution in [3.63, 3.8) is 0 Å². The van der Waals surface area contributed by atoms with E-state index in [9.17, 15) is 0 Å². The number of nitrogens with one attached hydrogen (secondary N) is 1. The van der Waals surface area contributed by atoms with Gasteiger partial charge in [-0.2, -0.15) is 0 Å². The molecule has 0 saturated carbocycles. The molecule has 2 rings (SSSR count). The van der Waals surface area contributed by atoms with Gasteiger partial charge in [-0.15, -0.1) is 0 Å². The number of pyridine rings is 1. The van der Waals surface area contributed by atoms with Gasteiger partial charge in [-0.05, 0) is 42.3 Å². The van der Waals surface area contributed by atoms with Crippen molar-refractivity contribution >= 4 is 17.3 Å². The summed E-state index contributed by atoms with van der Waals surface area (Å²) in [4.78, 5) is 4.08. The number of aryl methyl sites for hydroxylation is 1. The number of anilines is 1. The molecule has 0 spiro atoms. The molecule has 2 aromatic heterocycles. The Labute approximate surface area is 93.1 Å². The van der Waals surface area contributed by atoms with Gasteiger partial charge in [0, 0.05) is 12.4 Å². The highest BCUT2D eigenvalue weighted by Crippen LogP contribution is 2.15. The van der Waals surface area contributed by atoms with E-state index in [1.54, 1.807) is 12.3 Å². The third-order valence-electron chi connectivity index (χ3n) is 1.97. The predicted molar refractivity (Wildman–Crippen MR) is 60.0 cm³/mol. The van der Waals surface area contributed by atoms with E-state index in [2.05, 4.69) is 10.3 Å². The average molecular weight is 223 g/mol. The Balaban J connectivity index is 1.99. The van der Waals surface area contributed by atoms with E-state index in [1.807, 2.05) is 25.3 Å². The number of halogens is 1. The van der Waals surface area contributed by atoms with E-state index in [0.717, 1.165) is 17.0 Å². The number of furan rings is 1.